The van der Waals surface area contributed by atoms with Crippen LogP contribution in [0.15, 0.2) is 23.1 Å². The molecule has 2 rings (SSSR count). The number of nitrogens with one attached hydrogen (secondary N) is 2. The Hall–Kier alpha value is -2.21. The third kappa shape index (κ3) is 6.39. The molecular formula is C20H32N4O6S. The zero-order valence-corrected chi connectivity index (χ0v) is 19.3. The zero-order valence-electron chi connectivity index (χ0n) is 18.5. The normalized spacial score (nSPS) is 17.0. The molecule has 0 bridgehead atoms. The van der Waals surface area contributed by atoms with Crippen molar-refractivity contribution >= 4 is 21.8 Å². The smallest absolute Gasteiger partial charge is 0.309 e. The van der Waals surface area contributed by atoms with Crippen LogP contribution < -0.4 is 15.4 Å². The first-order valence-corrected chi connectivity index (χ1v) is 11.7. The van der Waals surface area contributed by atoms with Gasteiger partial charge in [-0.25, -0.2) is 8.42 Å². The number of carbonyl (C=O) groups is 2. The molecule has 1 heterocycles. The second-order valence-corrected chi connectivity index (χ2v) is 8.96. The highest BCUT2D eigenvalue weighted by atomic mass is 32.2. The van der Waals surface area contributed by atoms with Crippen molar-refractivity contribution in [3.8, 4) is 5.75 Å². The molecule has 2 N–H and O–H groups in total. The van der Waals surface area contributed by atoms with Crippen molar-refractivity contribution in [3.63, 3.8) is 0 Å². The van der Waals surface area contributed by atoms with Gasteiger partial charge in [-0.2, -0.15) is 4.31 Å². The summed E-state index contributed by atoms with van der Waals surface area (Å²) in [5, 5.41) is 5.02. The molecule has 0 radical (unpaired) electrons. The van der Waals surface area contributed by atoms with E-state index in [1.54, 1.807) is 13.0 Å². The van der Waals surface area contributed by atoms with Crippen molar-refractivity contribution in [2.45, 2.75) is 31.9 Å². The fraction of sp³-hybridized carbons (Fsp3) is 0.600. The number of carbonyl (C=O) groups excluding carboxylic acids is 2. The van der Waals surface area contributed by atoms with E-state index in [2.05, 4.69) is 15.5 Å². The van der Waals surface area contributed by atoms with E-state index in [9.17, 15) is 18.0 Å². The Labute approximate surface area is 183 Å². The van der Waals surface area contributed by atoms with Gasteiger partial charge in [-0.15, -0.1) is 0 Å². The maximum Gasteiger partial charge on any atom is 0.309 e. The van der Waals surface area contributed by atoms with E-state index in [-0.39, 0.29) is 24.6 Å². The summed E-state index contributed by atoms with van der Waals surface area (Å²) in [5.41, 5.74) is 0.690. The summed E-state index contributed by atoms with van der Waals surface area (Å²) >= 11 is 0. The summed E-state index contributed by atoms with van der Waals surface area (Å²) in [6, 6.07) is 4.60. The number of likely N-dealkylation sites (N-methyl/N-ethyl adjacent to an activating group) is 1. The lowest BCUT2D eigenvalue weighted by molar-refractivity contribution is -0.139. The molecule has 174 valence electrons. The molecular weight excluding hydrogens is 424 g/mol. The fourth-order valence-corrected chi connectivity index (χ4v) is 4.89. The Morgan fingerprint density at radius 2 is 1.90 bits per heavy atom. The quantitative estimate of drug-likeness (QED) is 0.473. The SMILES string of the molecule is CCN(CC)CCNC(=O)C(=O)NC[C@H]1OCCN1S(=O)(=O)c1ccc(OC)c(C)c1. The highest BCUT2D eigenvalue weighted by molar-refractivity contribution is 7.89. The fourth-order valence-electron chi connectivity index (χ4n) is 3.30. The number of amides is 2. The molecule has 11 heteroatoms. The molecule has 1 aromatic carbocycles. The van der Waals surface area contributed by atoms with Gasteiger partial charge in [0.2, 0.25) is 10.0 Å². The number of benzene rings is 1. The molecule has 0 aliphatic carbocycles. The van der Waals surface area contributed by atoms with Crippen LogP contribution in [0, 0.1) is 6.92 Å². The molecule has 0 aromatic heterocycles. The molecule has 2 amide bonds. The van der Waals surface area contributed by atoms with Crippen LogP contribution in [0.2, 0.25) is 0 Å². The van der Waals surface area contributed by atoms with Gasteiger partial charge in [-0.1, -0.05) is 13.8 Å². The summed E-state index contributed by atoms with van der Waals surface area (Å²) < 4.78 is 37.9. The van der Waals surface area contributed by atoms with E-state index >= 15 is 0 Å². The van der Waals surface area contributed by atoms with Crippen LogP contribution in [-0.2, 0) is 24.3 Å². The van der Waals surface area contributed by atoms with E-state index in [1.165, 1.54) is 23.5 Å². The van der Waals surface area contributed by atoms with Gasteiger partial charge >= 0.3 is 11.8 Å². The predicted octanol–water partition coefficient (Wildman–Crippen LogP) is -0.0752. The van der Waals surface area contributed by atoms with E-state index in [0.717, 1.165) is 13.1 Å². The first-order valence-electron chi connectivity index (χ1n) is 10.3. The van der Waals surface area contributed by atoms with Crippen molar-refractivity contribution in [1.82, 2.24) is 19.8 Å². The van der Waals surface area contributed by atoms with Crippen molar-refractivity contribution in [2.24, 2.45) is 0 Å². The molecule has 0 unspecified atom stereocenters. The third-order valence-corrected chi connectivity index (χ3v) is 7.05. The van der Waals surface area contributed by atoms with Gasteiger partial charge < -0.3 is 25.0 Å². The molecule has 1 aliphatic heterocycles. The molecule has 1 atom stereocenters. The Kier molecular flexibility index (Phi) is 9.23. The first-order chi connectivity index (χ1) is 14.7. The van der Waals surface area contributed by atoms with Crippen LogP contribution in [0.4, 0.5) is 0 Å². The van der Waals surface area contributed by atoms with Gasteiger partial charge in [0.05, 0.1) is 25.2 Å². The average molecular weight is 457 g/mol. The summed E-state index contributed by atoms with van der Waals surface area (Å²) in [6.45, 7) is 8.74. The minimum atomic E-state index is -3.84. The molecule has 1 aliphatic rings. The average Bonchev–Trinajstić information content (AvgIpc) is 3.24. The summed E-state index contributed by atoms with van der Waals surface area (Å²) in [7, 11) is -2.32. The largest absolute Gasteiger partial charge is 0.496 e. The number of methoxy groups -OCH3 is 1. The van der Waals surface area contributed by atoms with Crippen LogP contribution in [0.5, 0.6) is 5.75 Å². The Bertz CT molecular complexity index is 872. The Morgan fingerprint density at radius 3 is 2.52 bits per heavy atom. The zero-order chi connectivity index (χ0) is 23.0. The minimum absolute atomic E-state index is 0.113. The van der Waals surface area contributed by atoms with Crippen molar-refractivity contribution in [2.75, 3.05) is 53.0 Å². The van der Waals surface area contributed by atoms with Gasteiger partial charge in [0.1, 0.15) is 12.0 Å². The van der Waals surface area contributed by atoms with Gasteiger partial charge in [0, 0.05) is 19.6 Å². The van der Waals surface area contributed by atoms with Crippen molar-refractivity contribution in [3.05, 3.63) is 23.8 Å². The first kappa shape index (κ1) is 25.1. The van der Waals surface area contributed by atoms with Gasteiger partial charge in [-0.3, -0.25) is 9.59 Å². The van der Waals surface area contributed by atoms with Crippen molar-refractivity contribution in [1.29, 1.82) is 0 Å². The number of aryl methyl sites for hydroxylation is 1. The second-order valence-electron chi connectivity index (χ2n) is 7.07. The number of hydrogen-bond donors (Lipinski definition) is 2. The van der Waals surface area contributed by atoms with Crippen LogP contribution >= 0.6 is 0 Å². The molecule has 0 spiro atoms. The van der Waals surface area contributed by atoms with Gasteiger partial charge in [-0.05, 0) is 43.8 Å². The predicted molar refractivity (Wildman–Crippen MR) is 115 cm³/mol. The monoisotopic (exact) mass is 456 g/mol. The van der Waals surface area contributed by atoms with E-state index in [0.29, 0.717) is 24.4 Å². The highest BCUT2D eigenvalue weighted by Crippen LogP contribution is 2.26. The summed E-state index contributed by atoms with van der Waals surface area (Å²) in [6.07, 6.45) is -0.889. The minimum Gasteiger partial charge on any atom is -0.496 e. The molecule has 0 saturated carbocycles. The van der Waals surface area contributed by atoms with E-state index in [1.807, 2.05) is 13.8 Å². The van der Waals surface area contributed by atoms with E-state index < -0.39 is 28.1 Å². The lowest BCUT2D eigenvalue weighted by Gasteiger charge is -2.23. The summed E-state index contributed by atoms with van der Waals surface area (Å²) in [4.78, 5) is 26.3. The number of nitrogens with zero attached hydrogens (tertiary/aromatic N) is 2. The Morgan fingerprint density at radius 1 is 1.23 bits per heavy atom. The summed E-state index contributed by atoms with van der Waals surface area (Å²) in [5.74, 6) is -0.995. The molecule has 31 heavy (non-hydrogen) atoms. The topological polar surface area (TPSA) is 117 Å². The van der Waals surface area contributed by atoms with E-state index in [4.69, 9.17) is 9.47 Å². The molecule has 1 saturated heterocycles. The lowest BCUT2D eigenvalue weighted by Crippen LogP contribution is -2.48. The maximum absolute atomic E-state index is 13.0. The van der Waals surface area contributed by atoms with Crippen LogP contribution in [0.1, 0.15) is 19.4 Å². The number of hydrogen-bond acceptors (Lipinski definition) is 7. The lowest BCUT2D eigenvalue weighted by atomic mass is 10.2. The number of rotatable bonds is 10. The van der Waals surface area contributed by atoms with Crippen LogP contribution in [0.3, 0.4) is 0 Å². The second kappa shape index (κ2) is 11.4. The van der Waals surface area contributed by atoms with Crippen LogP contribution in [0.25, 0.3) is 0 Å². The molecule has 10 nitrogen and oxygen atoms in total. The number of sulfonamides is 1. The van der Waals surface area contributed by atoms with Gasteiger partial charge in [0.25, 0.3) is 0 Å². The van der Waals surface area contributed by atoms with Crippen molar-refractivity contribution < 1.29 is 27.5 Å². The third-order valence-electron chi connectivity index (χ3n) is 5.17. The Balaban J connectivity index is 1.94. The molecule has 1 aromatic rings. The van der Waals surface area contributed by atoms with Gasteiger partial charge in [0.15, 0.2) is 0 Å². The van der Waals surface area contributed by atoms with Crippen LogP contribution in [-0.4, -0.2) is 88.7 Å². The standard InChI is InChI=1S/C20H32N4O6S/c1-5-23(6-2)10-9-21-19(25)20(26)22-14-18-24(11-12-30-18)31(27,28)16-7-8-17(29-4)15(3)13-16/h7-8,13,18H,5-6,9-12,14H2,1-4H3,(H,21,25)(H,22,26)/t18-/m1/s1. The molecule has 1 fully saturated rings. The highest BCUT2D eigenvalue weighted by Gasteiger charge is 2.37. The maximum atomic E-state index is 13.0. The number of ether oxygens (including phenoxy) is 2.